The summed E-state index contributed by atoms with van der Waals surface area (Å²) in [6.45, 7) is 1.66. The summed E-state index contributed by atoms with van der Waals surface area (Å²) in [5.41, 5.74) is 0.770. The third-order valence-corrected chi connectivity index (χ3v) is 5.97. The van der Waals surface area contributed by atoms with E-state index in [9.17, 15) is 8.42 Å². The third kappa shape index (κ3) is 4.35. The van der Waals surface area contributed by atoms with E-state index < -0.39 is 10.0 Å². The standard InChI is InChI=1S/C18H21N7O3S/c1-28-18-22-16(21-17(23-18)24-10-2-3-11-24)13-20-29(26,27)15-7-5-14(6-8-15)25-12-4-9-19-25/h4-9,12,20H,2-3,10-11,13H2,1H3. The predicted octanol–water partition coefficient (Wildman–Crippen LogP) is 1.14. The van der Waals surface area contributed by atoms with Gasteiger partial charge >= 0.3 is 6.01 Å². The number of sulfonamides is 1. The van der Waals surface area contributed by atoms with Gasteiger partial charge in [0.2, 0.25) is 16.0 Å². The van der Waals surface area contributed by atoms with Crippen molar-refractivity contribution in [3.05, 3.63) is 48.5 Å². The van der Waals surface area contributed by atoms with Gasteiger partial charge in [-0.3, -0.25) is 0 Å². The van der Waals surface area contributed by atoms with Gasteiger partial charge in [0.05, 0.1) is 24.2 Å². The number of benzene rings is 1. The van der Waals surface area contributed by atoms with E-state index in [-0.39, 0.29) is 17.5 Å². The van der Waals surface area contributed by atoms with E-state index in [1.54, 1.807) is 35.3 Å². The van der Waals surface area contributed by atoms with Crippen molar-refractivity contribution in [2.75, 3.05) is 25.1 Å². The molecule has 0 unspecified atom stereocenters. The van der Waals surface area contributed by atoms with Crippen LogP contribution in [0.25, 0.3) is 5.69 Å². The molecule has 10 nitrogen and oxygen atoms in total. The highest BCUT2D eigenvalue weighted by molar-refractivity contribution is 7.89. The number of methoxy groups -OCH3 is 1. The maximum absolute atomic E-state index is 12.7. The highest BCUT2D eigenvalue weighted by atomic mass is 32.2. The number of nitrogens with zero attached hydrogens (tertiary/aromatic N) is 6. The molecule has 29 heavy (non-hydrogen) atoms. The van der Waals surface area contributed by atoms with E-state index in [2.05, 4.69) is 24.8 Å². The van der Waals surface area contributed by atoms with Gasteiger partial charge in [0.25, 0.3) is 0 Å². The zero-order valence-electron chi connectivity index (χ0n) is 15.9. The van der Waals surface area contributed by atoms with Crippen LogP contribution in [0.5, 0.6) is 6.01 Å². The van der Waals surface area contributed by atoms with Crippen LogP contribution in [0.3, 0.4) is 0 Å². The minimum Gasteiger partial charge on any atom is -0.467 e. The molecule has 152 valence electrons. The van der Waals surface area contributed by atoms with Gasteiger partial charge < -0.3 is 9.64 Å². The van der Waals surface area contributed by atoms with E-state index in [0.717, 1.165) is 31.6 Å². The molecule has 11 heteroatoms. The Kier molecular flexibility index (Phi) is 5.41. The number of rotatable bonds is 7. The SMILES string of the molecule is COc1nc(CNS(=O)(=O)c2ccc(-n3cccn3)cc2)nc(N2CCCC2)n1. The summed E-state index contributed by atoms with van der Waals surface area (Å²) >= 11 is 0. The highest BCUT2D eigenvalue weighted by Crippen LogP contribution is 2.18. The Bertz CT molecular complexity index is 1060. The molecule has 1 fully saturated rings. The van der Waals surface area contributed by atoms with Gasteiger partial charge in [-0.2, -0.15) is 20.1 Å². The van der Waals surface area contributed by atoms with E-state index in [0.29, 0.717) is 11.8 Å². The zero-order chi connectivity index (χ0) is 20.3. The molecule has 1 aliphatic rings. The van der Waals surface area contributed by atoms with Crippen LogP contribution in [0.4, 0.5) is 5.95 Å². The molecule has 1 saturated heterocycles. The average Bonchev–Trinajstić information content (AvgIpc) is 3.46. The van der Waals surface area contributed by atoms with E-state index in [4.69, 9.17) is 4.74 Å². The normalized spacial score (nSPS) is 14.3. The fourth-order valence-electron chi connectivity index (χ4n) is 3.06. The Labute approximate surface area is 168 Å². The summed E-state index contributed by atoms with van der Waals surface area (Å²) < 4.78 is 34.6. The maximum Gasteiger partial charge on any atom is 0.321 e. The van der Waals surface area contributed by atoms with Crippen molar-refractivity contribution in [3.8, 4) is 11.7 Å². The third-order valence-electron chi connectivity index (χ3n) is 4.56. The quantitative estimate of drug-likeness (QED) is 0.611. The van der Waals surface area contributed by atoms with Crippen molar-refractivity contribution in [1.29, 1.82) is 0 Å². The molecular weight excluding hydrogens is 394 g/mol. The first kappa shape index (κ1) is 19.3. The topological polar surface area (TPSA) is 115 Å². The van der Waals surface area contributed by atoms with Gasteiger partial charge in [0.15, 0.2) is 5.82 Å². The van der Waals surface area contributed by atoms with Gasteiger partial charge in [-0.1, -0.05) is 0 Å². The number of nitrogens with one attached hydrogen (secondary N) is 1. The van der Waals surface area contributed by atoms with Crippen LogP contribution in [-0.4, -0.2) is 53.3 Å². The first-order valence-electron chi connectivity index (χ1n) is 9.19. The molecule has 2 aromatic heterocycles. The number of ether oxygens (including phenoxy) is 1. The van der Waals surface area contributed by atoms with E-state index >= 15 is 0 Å². The summed E-state index contributed by atoms with van der Waals surface area (Å²) in [6, 6.07) is 8.41. The van der Waals surface area contributed by atoms with Crippen LogP contribution < -0.4 is 14.4 Å². The number of aromatic nitrogens is 5. The minimum absolute atomic E-state index is 0.0665. The molecule has 0 atom stereocenters. The molecule has 1 aromatic carbocycles. The molecule has 0 aliphatic carbocycles. The summed E-state index contributed by atoms with van der Waals surface area (Å²) in [6.07, 6.45) is 5.59. The number of hydrogen-bond acceptors (Lipinski definition) is 8. The molecule has 1 N–H and O–H groups in total. The van der Waals surface area contributed by atoms with Crippen LogP contribution >= 0.6 is 0 Å². The first-order chi connectivity index (χ1) is 14.0. The lowest BCUT2D eigenvalue weighted by atomic mass is 10.3. The van der Waals surface area contributed by atoms with Crippen molar-refractivity contribution in [2.24, 2.45) is 0 Å². The number of hydrogen-bond donors (Lipinski definition) is 1. The Balaban J connectivity index is 1.49. The Hall–Kier alpha value is -3.05. The van der Waals surface area contributed by atoms with Crippen LogP contribution in [0, 0.1) is 0 Å². The van der Waals surface area contributed by atoms with Crippen molar-refractivity contribution < 1.29 is 13.2 Å². The van der Waals surface area contributed by atoms with Crippen molar-refractivity contribution >= 4 is 16.0 Å². The lowest BCUT2D eigenvalue weighted by Crippen LogP contribution is -2.26. The van der Waals surface area contributed by atoms with Crippen molar-refractivity contribution in [3.63, 3.8) is 0 Å². The molecule has 0 bridgehead atoms. The van der Waals surface area contributed by atoms with E-state index in [1.807, 2.05) is 4.90 Å². The second-order valence-corrected chi connectivity index (χ2v) is 8.27. The largest absolute Gasteiger partial charge is 0.467 e. The van der Waals surface area contributed by atoms with E-state index in [1.165, 1.54) is 19.2 Å². The monoisotopic (exact) mass is 415 g/mol. The van der Waals surface area contributed by atoms with Crippen LogP contribution in [0.15, 0.2) is 47.6 Å². The van der Waals surface area contributed by atoms with Crippen LogP contribution in [0.2, 0.25) is 0 Å². The predicted molar refractivity (Wildman–Crippen MR) is 105 cm³/mol. The molecule has 0 amide bonds. The molecule has 3 aromatic rings. The second-order valence-electron chi connectivity index (χ2n) is 6.50. The molecule has 0 radical (unpaired) electrons. The Morgan fingerprint density at radius 2 is 1.86 bits per heavy atom. The highest BCUT2D eigenvalue weighted by Gasteiger charge is 2.19. The van der Waals surface area contributed by atoms with Gasteiger partial charge in [-0.15, -0.1) is 0 Å². The van der Waals surface area contributed by atoms with Gasteiger partial charge in [-0.25, -0.2) is 17.8 Å². The Morgan fingerprint density at radius 3 is 2.52 bits per heavy atom. The second kappa shape index (κ2) is 8.13. The smallest absolute Gasteiger partial charge is 0.321 e. The molecule has 3 heterocycles. The molecule has 4 rings (SSSR count). The maximum atomic E-state index is 12.7. The average molecular weight is 415 g/mol. The van der Waals surface area contributed by atoms with Crippen LogP contribution in [0.1, 0.15) is 18.7 Å². The fraction of sp³-hybridized carbons (Fsp3) is 0.333. The Morgan fingerprint density at radius 1 is 1.10 bits per heavy atom. The lowest BCUT2D eigenvalue weighted by molar-refractivity contribution is 0.375. The summed E-state index contributed by atoms with van der Waals surface area (Å²) in [5, 5.41) is 4.12. The van der Waals surface area contributed by atoms with Gasteiger partial charge in [0, 0.05) is 25.5 Å². The summed E-state index contributed by atoms with van der Waals surface area (Å²) in [5.74, 6) is 0.808. The number of anilines is 1. The molecule has 1 aliphatic heterocycles. The van der Waals surface area contributed by atoms with Crippen LogP contribution in [-0.2, 0) is 16.6 Å². The zero-order valence-corrected chi connectivity index (χ0v) is 16.7. The lowest BCUT2D eigenvalue weighted by Gasteiger charge is -2.16. The van der Waals surface area contributed by atoms with Gasteiger partial charge in [0.1, 0.15) is 0 Å². The molecule has 0 saturated carbocycles. The van der Waals surface area contributed by atoms with Crippen molar-refractivity contribution in [1.82, 2.24) is 29.5 Å². The molecular formula is C18H21N7O3S. The summed E-state index contributed by atoms with van der Waals surface area (Å²) in [4.78, 5) is 15.0. The molecule has 0 spiro atoms. The minimum atomic E-state index is -3.73. The van der Waals surface area contributed by atoms with Gasteiger partial charge in [-0.05, 0) is 43.2 Å². The van der Waals surface area contributed by atoms with Crippen molar-refractivity contribution in [2.45, 2.75) is 24.3 Å². The first-order valence-corrected chi connectivity index (χ1v) is 10.7. The fourth-order valence-corrected chi connectivity index (χ4v) is 4.04. The summed E-state index contributed by atoms with van der Waals surface area (Å²) in [7, 11) is -2.26.